The molecule has 7 nitrogen and oxygen atoms in total. The van der Waals surface area contributed by atoms with Crippen LogP contribution >= 0.6 is 35.0 Å². The Morgan fingerprint density at radius 1 is 1.03 bits per heavy atom. The standard InChI is InChI=1S/C21H29Cl2N3O4S2/c22-19-2-1-17(13-20(19)23)30-16-5-10-25(11-6-16)15-3-8-26(9-4-15)21(27)24-32(28,29)18-7-12-31-14-18/h1-2,13,15-16,18H,3-12,14H2,(H,24,27). The number of ether oxygens (including phenoxy) is 1. The number of rotatable bonds is 5. The molecular weight excluding hydrogens is 493 g/mol. The molecular formula is C21H29Cl2N3O4S2. The number of amides is 2. The number of nitrogens with one attached hydrogen (secondary N) is 1. The van der Waals surface area contributed by atoms with Crippen molar-refractivity contribution in [2.45, 2.75) is 49.5 Å². The molecule has 0 saturated carbocycles. The molecule has 0 spiro atoms. The summed E-state index contributed by atoms with van der Waals surface area (Å²) in [6.45, 7) is 3.03. The number of hydrogen-bond acceptors (Lipinski definition) is 6. The van der Waals surface area contributed by atoms with Crippen LogP contribution in [0, 0.1) is 0 Å². The van der Waals surface area contributed by atoms with Gasteiger partial charge in [-0.05, 0) is 50.0 Å². The zero-order valence-electron chi connectivity index (χ0n) is 17.8. The summed E-state index contributed by atoms with van der Waals surface area (Å²) < 4.78 is 33.1. The molecule has 3 saturated heterocycles. The van der Waals surface area contributed by atoms with Gasteiger partial charge in [0.2, 0.25) is 10.0 Å². The van der Waals surface area contributed by atoms with Crippen molar-refractivity contribution in [2.75, 3.05) is 37.7 Å². The van der Waals surface area contributed by atoms with Gasteiger partial charge in [-0.1, -0.05) is 23.2 Å². The molecule has 32 heavy (non-hydrogen) atoms. The molecule has 2 amide bonds. The molecule has 3 heterocycles. The maximum absolute atomic E-state index is 12.5. The highest BCUT2D eigenvalue weighted by Crippen LogP contribution is 2.29. The fourth-order valence-electron chi connectivity index (χ4n) is 4.56. The number of piperidine rings is 2. The molecule has 1 atom stereocenters. The number of carbonyl (C=O) groups excluding carboxylic acids is 1. The lowest BCUT2D eigenvalue weighted by Crippen LogP contribution is -2.53. The summed E-state index contributed by atoms with van der Waals surface area (Å²) in [5, 5.41) is 0.553. The van der Waals surface area contributed by atoms with Gasteiger partial charge in [0.1, 0.15) is 11.9 Å². The van der Waals surface area contributed by atoms with Gasteiger partial charge < -0.3 is 9.64 Å². The molecule has 1 aromatic rings. The average Bonchev–Trinajstić information content (AvgIpc) is 3.33. The van der Waals surface area contributed by atoms with Crippen LogP contribution in [0.5, 0.6) is 5.75 Å². The van der Waals surface area contributed by atoms with Gasteiger partial charge in [-0.25, -0.2) is 17.9 Å². The lowest BCUT2D eigenvalue weighted by molar-refractivity contribution is 0.0540. The predicted molar refractivity (Wildman–Crippen MR) is 129 cm³/mol. The summed E-state index contributed by atoms with van der Waals surface area (Å²) in [4.78, 5) is 16.6. The van der Waals surface area contributed by atoms with E-state index in [1.165, 1.54) is 0 Å². The summed E-state index contributed by atoms with van der Waals surface area (Å²) in [5.41, 5.74) is 0. The van der Waals surface area contributed by atoms with Crippen LogP contribution in [0.1, 0.15) is 32.1 Å². The molecule has 0 bridgehead atoms. The van der Waals surface area contributed by atoms with Crippen LogP contribution in [-0.2, 0) is 10.0 Å². The lowest BCUT2D eigenvalue weighted by Gasteiger charge is -2.41. The highest BCUT2D eigenvalue weighted by atomic mass is 35.5. The van der Waals surface area contributed by atoms with E-state index in [2.05, 4.69) is 9.62 Å². The number of likely N-dealkylation sites (tertiary alicyclic amines) is 2. The molecule has 1 unspecified atom stereocenters. The van der Waals surface area contributed by atoms with E-state index in [0.29, 0.717) is 41.4 Å². The first-order valence-electron chi connectivity index (χ1n) is 11.1. The summed E-state index contributed by atoms with van der Waals surface area (Å²) >= 11 is 13.7. The highest BCUT2D eigenvalue weighted by Gasteiger charge is 2.34. The minimum Gasteiger partial charge on any atom is -0.490 e. The molecule has 3 fully saturated rings. The molecule has 11 heteroatoms. The molecule has 3 aliphatic rings. The van der Waals surface area contributed by atoms with Crippen molar-refractivity contribution in [2.24, 2.45) is 0 Å². The normalized spacial score (nSPS) is 23.9. The van der Waals surface area contributed by atoms with Gasteiger partial charge in [-0.3, -0.25) is 4.90 Å². The minimum absolute atomic E-state index is 0.147. The second kappa shape index (κ2) is 10.6. The maximum Gasteiger partial charge on any atom is 0.331 e. The van der Waals surface area contributed by atoms with E-state index in [1.807, 2.05) is 6.07 Å². The quantitative estimate of drug-likeness (QED) is 0.633. The van der Waals surface area contributed by atoms with Crippen molar-refractivity contribution in [3.8, 4) is 5.75 Å². The molecule has 1 N–H and O–H groups in total. The van der Waals surface area contributed by atoms with Crippen molar-refractivity contribution in [3.05, 3.63) is 28.2 Å². The van der Waals surface area contributed by atoms with Gasteiger partial charge in [0.25, 0.3) is 0 Å². The molecule has 1 aromatic carbocycles. The first-order chi connectivity index (χ1) is 15.3. The van der Waals surface area contributed by atoms with Crippen LogP contribution in [-0.4, -0.2) is 79.3 Å². The van der Waals surface area contributed by atoms with Gasteiger partial charge in [0, 0.05) is 44.0 Å². The summed E-state index contributed by atoms with van der Waals surface area (Å²) in [5.74, 6) is 2.14. The fraction of sp³-hybridized carbons (Fsp3) is 0.667. The number of benzene rings is 1. The van der Waals surface area contributed by atoms with E-state index < -0.39 is 21.3 Å². The third-order valence-corrected chi connectivity index (χ3v) is 10.3. The van der Waals surface area contributed by atoms with Gasteiger partial charge >= 0.3 is 6.03 Å². The van der Waals surface area contributed by atoms with Crippen molar-refractivity contribution in [1.82, 2.24) is 14.5 Å². The van der Waals surface area contributed by atoms with Crippen LogP contribution < -0.4 is 9.46 Å². The Hall–Kier alpha value is -0.870. The van der Waals surface area contributed by atoms with Crippen LogP contribution in [0.25, 0.3) is 0 Å². The number of sulfonamides is 1. The van der Waals surface area contributed by atoms with Crippen LogP contribution in [0.3, 0.4) is 0 Å². The number of thioether (sulfide) groups is 1. The highest BCUT2D eigenvalue weighted by molar-refractivity contribution is 8.01. The molecule has 3 aliphatic heterocycles. The lowest BCUT2D eigenvalue weighted by atomic mass is 9.99. The number of hydrogen-bond donors (Lipinski definition) is 1. The third kappa shape index (κ3) is 5.97. The summed E-state index contributed by atoms with van der Waals surface area (Å²) in [7, 11) is -3.58. The van der Waals surface area contributed by atoms with E-state index in [4.69, 9.17) is 27.9 Å². The molecule has 0 radical (unpaired) electrons. The smallest absolute Gasteiger partial charge is 0.331 e. The van der Waals surface area contributed by atoms with E-state index in [9.17, 15) is 13.2 Å². The first kappa shape index (κ1) is 24.3. The Morgan fingerprint density at radius 3 is 2.38 bits per heavy atom. The maximum atomic E-state index is 12.5. The fourth-order valence-corrected chi connectivity index (χ4v) is 8.02. The number of halogens is 2. The van der Waals surface area contributed by atoms with Crippen molar-refractivity contribution in [3.63, 3.8) is 0 Å². The Labute approximate surface area is 204 Å². The first-order valence-corrected chi connectivity index (χ1v) is 14.5. The van der Waals surface area contributed by atoms with E-state index >= 15 is 0 Å². The van der Waals surface area contributed by atoms with E-state index in [0.717, 1.165) is 50.3 Å². The second-order valence-corrected chi connectivity index (χ2v) is 12.5. The SMILES string of the molecule is O=C(NS(=O)(=O)C1CCSC1)N1CCC(N2CCC(Oc3ccc(Cl)c(Cl)c3)CC2)CC1. The predicted octanol–water partition coefficient (Wildman–Crippen LogP) is 3.85. The largest absolute Gasteiger partial charge is 0.490 e. The van der Waals surface area contributed by atoms with Gasteiger partial charge in [-0.15, -0.1) is 0 Å². The van der Waals surface area contributed by atoms with Gasteiger partial charge in [-0.2, -0.15) is 11.8 Å². The van der Waals surface area contributed by atoms with Crippen molar-refractivity contribution >= 4 is 51.0 Å². The summed E-state index contributed by atoms with van der Waals surface area (Å²) in [6.07, 6.45) is 4.32. The zero-order chi connectivity index (χ0) is 22.7. The van der Waals surface area contributed by atoms with Crippen molar-refractivity contribution in [1.29, 1.82) is 0 Å². The third-order valence-electron chi connectivity index (χ3n) is 6.49. The minimum atomic E-state index is -3.58. The zero-order valence-corrected chi connectivity index (χ0v) is 21.0. The molecule has 4 rings (SSSR count). The monoisotopic (exact) mass is 521 g/mol. The van der Waals surface area contributed by atoms with E-state index in [-0.39, 0.29) is 6.10 Å². The van der Waals surface area contributed by atoms with Crippen LogP contribution in [0.2, 0.25) is 10.0 Å². The Balaban J connectivity index is 1.20. The van der Waals surface area contributed by atoms with Crippen LogP contribution in [0.15, 0.2) is 18.2 Å². The van der Waals surface area contributed by atoms with Crippen LogP contribution in [0.4, 0.5) is 4.79 Å². The molecule has 0 aromatic heterocycles. The Bertz CT molecular complexity index is 912. The molecule has 178 valence electrons. The van der Waals surface area contributed by atoms with Gasteiger partial charge in [0.05, 0.1) is 15.3 Å². The Morgan fingerprint density at radius 2 is 1.75 bits per heavy atom. The number of urea groups is 1. The number of nitrogens with zero attached hydrogens (tertiary/aromatic N) is 2. The average molecular weight is 523 g/mol. The summed E-state index contributed by atoms with van der Waals surface area (Å²) in [6, 6.07) is 5.27. The van der Waals surface area contributed by atoms with Crippen molar-refractivity contribution < 1.29 is 17.9 Å². The van der Waals surface area contributed by atoms with E-state index in [1.54, 1.807) is 28.8 Å². The topological polar surface area (TPSA) is 79.0 Å². The molecule has 0 aliphatic carbocycles. The Kier molecular flexibility index (Phi) is 8.03. The second-order valence-electron chi connectivity index (χ2n) is 8.59. The van der Waals surface area contributed by atoms with Gasteiger partial charge in [0.15, 0.2) is 0 Å². The number of carbonyl (C=O) groups is 1.